The summed E-state index contributed by atoms with van der Waals surface area (Å²) in [6.45, 7) is 5.92. The second kappa shape index (κ2) is 3.37. The lowest BCUT2D eigenvalue weighted by Crippen LogP contribution is -2.14. The fourth-order valence-corrected chi connectivity index (χ4v) is 1.56. The number of rotatable bonds is 0. The maximum atomic E-state index is 11.8. The van der Waals surface area contributed by atoms with E-state index >= 15 is 0 Å². The molecule has 0 radical (unpaired) electrons. The lowest BCUT2D eigenvalue weighted by atomic mass is 9.92. The zero-order chi connectivity index (χ0) is 11.9. The molecule has 1 heterocycles. The molecule has 0 aliphatic carbocycles. The molecule has 1 aromatic heterocycles. The number of hydrogen-bond donors (Lipinski definition) is 1. The Morgan fingerprint density at radius 1 is 1.25 bits per heavy atom. The fourth-order valence-electron chi connectivity index (χ4n) is 1.56. The first-order valence-corrected chi connectivity index (χ1v) is 5.16. The van der Waals surface area contributed by atoms with Gasteiger partial charge in [-0.15, -0.1) is 0 Å². The molecule has 3 nitrogen and oxygen atoms in total. The minimum Gasteiger partial charge on any atom is -0.507 e. The van der Waals surface area contributed by atoms with Crippen LogP contribution >= 0.6 is 0 Å². The molecule has 0 unspecified atom stereocenters. The van der Waals surface area contributed by atoms with E-state index < -0.39 is 0 Å². The van der Waals surface area contributed by atoms with Crippen LogP contribution in [0.15, 0.2) is 33.5 Å². The minimum absolute atomic E-state index is 0.0355. The van der Waals surface area contributed by atoms with Gasteiger partial charge in [0.25, 0.3) is 0 Å². The first-order chi connectivity index (χ1) is 7.39. The van der Waals surface area contributed by atoms with Gasteiger partial charge in [0, 0.05) is 11.5 Å². The topological polar surface area (TPSA) is 50.4 Å². The fraction of sp³-hybridized carbons (Fsp3) is 0.308. The van der Waals surface area contributed by atoms with Crippen LogP contribution < -0.4 is 5.43 Å². The maximum absolute atomic E-state index is 11.8. The minimum atomic E-state index is -0.223. The molecular formula is C13H14O3. The Balaban J connectivity index is 2.85. The predicted octanol–water partition coefficient (Wildman–Crippen LogP) is 2.80. The van der Waals surface area contributed by atoms with Crippen LogP contribution in [0.4, 0.5) is 0 Å². The maximum Gasteiger partial charge on any atom is 0.196 e. The molecule has 0 aliphatic rings. The van der Waals surface area contributed by atoms with Gasteiger partial charge < -0.3 is 9.52 Å². The molecule has 1 N–H and O–H groups in total. The summed E-state index contributed by atoms with van der Waals surface area (Å²) in [4.78, 5) is 11.8. The van der Waals surface area contributed by atoms with Crippen LogP contribution in [0.1, 0.15) is 26.5 Å². The van der Waals surface area contributed by atoms with E-state index in [9.17, 15) is 9.90 Å². The van der Waals surface area contributed by atoms with Crippen LogP contribution in [0.2, 0.25) is 0 Å². The highest BCUT2D eigenvalue weighted by atomic mass is 16.3. The van der Waals surface area contributed by atoms with Crippen molar-refractivity contribution in [3.8, 4) is 5.75 Å². The van der Waals surface area contributed by atoms with Gasteiger partial charge in [0.1, 0.15) is 22.5 Å². The van der Waals surface area contributed by atoms with Crippen molar-refractivity contribution in [2.24, 2.45) is 0 Å². The molecule has 0 atom stereocenters. The van der Waals surface area contributed by atoms with E-state index in [1.165, 1.54) is 12.1 Å². The molecule has 0 amide bonds. The molecular weight excluding hydrogens is 204 g/mol. The number of hydrogen-bond acceptors (Lipinski definition) is 3. The molecule has 0 fully saturated rings. The normalized spacial score (nSPS) is 11.9. The summed E-state index contributed by atoms with van der Waals surface area (Å²) in [6.07, 6.45) is 0. The molecule has 2 aromatic rings. The van der Waals surface area contributed by atoms with Crippen molar-refractivity contribution in [3.63, 3.8) is 0 Å². The van der Waals surface area contributed by atoms with Crippen LogP contribution in [0.3, 0.4) is 0 Å². The van der Waals surface area contributed by atoms with E-state index in [1.54, 1.807) is 12.1 Å². The van der Waals surface area contributed by atoms with E-state index in [2.05, 4.69) is 0 Å². The van der Waals surface area contributed by atoms with Crippen molar-refractivity contribution >= 4 is 11.0 Å². The molecule has 0 spiro atoms. The lowest BCUT2D eigenvalue weighted by Gasteiger charge is -2.17. The summed E-state index contributed by atoms with van der Waals surface area (Å²) in [5.41, 5.74) is 0.000394. The first-order valence-electron chi connectivity index (χ1n) is 5.16. The third kappa shape index (κ3) is 1.69. The predicted molar refractivity (Wildman–Crippen MR) is 62.8 cm³/mol. The Morgan fingerprint density at radius 3 is 2.56 bits per heavy atom. The van der Waals surface area contributed by atoms with E-state index in [1.807, 2.05) is 20.8 Å². The standard InChI is InChI=1S/C13H14O3/c1-13(2,3)11-7-9(15)12-8(14)5-4-6-10(12)16-11/h4-7,14H,1-3H3. The van der Waals surface area contributed by atoms with Crippen LogP contribution in [0.5, 0.6) is 5.75 Å². The Bertz CT molecular complexity index is 588. The monoisotopic (exact) mass is 218 g/mol. The van der Waals surface area contributed by atoms with Crippen LogP contribution in [0.25, 0.3) is 11.0 Å². The molecule has 1 aromatic carbocycles. The Kier molecular flexibility index (Phi) is 2.26. The Labute approximate surface area is 93.3 Å². The number of aromatic hydroxyl groups is 1. The van der Waals surface area contributed by atoms with Gasteiger partial charge in [-0.05, 0) is 12.1 Å². The second-order valence-corrected chi connectivity index (χ2v) is 4.88. The van der Waals surface area contributed by atoms with Crippen molar-refractivity contribution < 1.29 is 9.52 Å². The zero-order valence-electron chi connectivity index (χ0n) is 9.57. The molecule has 2 rings (SSSR count). The molecule has 3 heteroatoms. The molecule has 84 valence electrons. The quantitative estimate of drug-likeness (QED) is 0.739. The van der Waals surface area contributed by atoms with E-state index in [-0.39, 0.29) is 22.0 Å². The van der Waals surface area contributed by atoms with E-state index in [0.717, 1.165) is 0 Å². The van der Waals surface area contributed by atoms with Gasteiger partial charge in [-0.25, -0.2) is 0 Å². The Morgan fingerprint density at radius 2 is 1.94 bits per heavy atom. The third-order valence-corrected chi connectivity index (χ3v) is 2.47. The highest BCUT2D eigenvalue weighted by Crippen LogP contribution is 2.27. The highest BCUT2D eigenvalue weighted by molar-refractivity contribution is 5.82. The SMILES string of the molecule is CC(C)(C)c1cc(=O)c2c(O)cccc2o1. The van der Waals surface area contributed by atoms with Gasteiger partial charge >= 0.3 is 0 Å². The smallest absolute Gasteiger partial charge is 0.196 e. The van der Waals surface area contributed by atoms with Crippen molar-refractivity contribution in [2.75, 3.05) is 0 Å². The van der Waals surface area contributed by atoms with E-state index in [4.69, 9.17) is 4.42 Å². The number of phenols is 1. The van der Waals surface area contributed by atoms with Crippen molar-refractivity contribution in [1.82, 2.24) is 0 Å². The molecule has 0 saturated heterocycles. The van der Waals surface area contributed by atoms with Crippen LogP contribution in [0, 0.1) is 0 Å². The van der Waals surface area contributed by atoms with Gasteiger partial charge in [0.05, 0.1) is 0 Å². The Hall–Kier alpha value is -1.77. The van der Waals surface area contributed by atoms with Crippen molar-refractivity contribution in [2.45, 2.75) is 26.2 Å². The molecule has 16 heavy (non-hydrogen) atoms. The average molecular weight is 218 g/mol. The summed E-state index contributed by atoms with van der Waals surface area (Å²) in [7, 11) is 0. The van der Waals surface area contributed by atoms with Gasteiger partial charge in [0.15, 0.2) is 5.43 Å². The van der Waals surface area contributed by atoms with Crippen LogP contribution in [-0.4, -0.2) is 5.11 Å². The van der Waals surface area contributed by atoms with Crippen LogP contribution in [-0.2, 0) is 5.41 Å². The summed E-state index contributed by atoms with van der Waals surface area (Å²) >= 11 is 0. The van der Waals surface area contributed by atoms with Gasteiger partial charge in [-0.1, -0.05) is 26.8 Å². The van der Waals surface area contributed by atoms with Crippen molar-refractivity contribution in [1.29, 1.82) is 0 Å². The first kappa shape index (κ1) is 10.7. The zero-order valence-corrected chi connectivity index (χ0v) is 9.57. The number of benzene rings is 1. The molecule has 0 bridgehead atoms. The van der Waals surface area contributed by atoms with Gasteiger partial charge in [0.2, 0.25) is 0 Å². The average Bonchev–Trinajstić information content (AvgIpc) is 2.15. The summed E-state index contributed by atoms with van der Waals surface area (Å²) in [5, 5.41) is 9.83. The third-order valence-electron chi connectivity index (χ3n) is 2.47. The number of phenolic OH excluding ortho intramolecular Hbond substituents is 1. The van der Waals surface area contributed by atoms with Gasteiger partial charge in [-0.3, -0.25) is 4.79 Å². The highest BCUT2D eigenvalue weighted by Gasteiger charge is 2.19. The molecule has 0 aliphatic heterocycles. The van der Waals surface area contributed by atoms with Gasteiger partial charge in [-0.2, -0.15) is 0 Å². The summed E-state index contributed by atoms with van der Waals surface area (Å²) < 4.78 is 5.63. The molecule has 0 saturated carbocycles. The van der Waals surface area contributed by atoms with Crippen molar-refractivity contribution in [3.05, 3.63) is 40.2 Å². The lowest BCUT2D eigenvalue weighted by molar-refractivity contribution is 0.419. The summed E-state index contributed by atoms with van der Waals surface area (Å²) in [5.74, 6) is 0.585. The second-order valence-electron chi connectivity index (χ2n) is 4.88. The van der Waals surface area contributed by atoms with E-state index in [0.29, 0.717) is 11.3 Å². The largest absolute Gasteiger partial charge is 0.507 e. The summed E-state index contributed by atoms with van der Waals surface area (Å²) in [6, 6.07) is 6.27. The number of fused-ring (bicyclic) bond motifs is 1.